The molecule has 318 valence electrons. The van der Waals surface area contributed by atoms with E-state index in [2.05, 4.69) is 21.4 Å². The molecule has 2 aliphatic rings. The molecule has 0 spiro atoms. The fourth-order valence-corrected chi connectivity index (χ4v) is 8.96. The minimum absolute atomic E-state index is 0.0193. The van der Waals surface area contributed by atoms with E-state index in [0.29, 0.717) is 11.5 Å². The van der Waals surface area contributed by atoms with Crippen LogP contribution in [0.3, 0.4) is 0 Å². The molecule has 16 heteroatoms. The number of aliphatic hydroxyl groups excluding tert-OH is 1. The summed E-state index contributed by atoms with van der Waals surface area (Å²) in [5, 5.41) is 25.7. The lowest BCUT2D eigenvalue weighted by Crippen LogP contribution is -2.56. The second kappa shape index (κ2) is 21.6. The van der Waals surface area contributed by atoms with E-state index < -0.39 is 50.9 Å². The highest BCUT2D eigenvalue weighted by Crippen LogP contribution is 2.50. The number of nitriles is 1. The van der Waals surface area contributed by atoms with E-state index in [1.807, 2.05) is 107 Å². The molecule has 15 nitrogen and oxygen atoms in total. The molecule has 1 fully saturated rings. The van der Waals surface area contributed by atoms with Gasteiger partial charge in [-0.25, -0.2) is 4.67 Å². The Morgan fingerprint density at radius 3 is 2.07 bits per heavy atom. The highest BCUT2D eigenvalue weighted by molar-refractivity contribution is 7.44. The van der Waals surface area contributed by atoms with E-state index in [0.717, 1.165) is 16.7 Å². The van der Waals surface area contributed by atoms with Crippen LogP contribution in [0.5, 0.6) is 11.5 Å². The number of carbonyl (C=O) groups is 2. The van der Waals surface area contributed by atoms with Crippen LogP contribution in [0.15, 0.2) is 91.1 Å². The Hall–Kier alpha value is -4.62. The maximum atomic E-state index is 12.4. The van der Waals surface area contributed by atoms with E-state index >= 15 is 0 Å². The molecule has 6 atom stereocenters. The fourth-order valence-electron chi connectivity index (χ4n) is 7.19. The van der Waals surface area contributed by atoms with Crippen LogP contribution in [-0.2, 0) is 38.4 Å². The number of hydrogen-bond acceptors (Lipinski definition) is 13. The minimum Gasteiger partial charge on any atom is -0.497 e. The third-order valence-corrected chi connectivity index (χ3v) is 12.1. The lowest BCUT2D eigenvalue weighted by Gasteiger charge is -2.39. The summed E-state index contributed by atoms with van der Waals surface area (Å²) in [6, 6.07) is 27.2. The molecule has 1 saturated heterocycles. The van der Waals surface area contributed by atoms with Crippen LogP contribution in [0.2, 0.25) is 0 Å². The standard InChI is InChI=1S/C43H56N5O10P/c1-29(2)48(30(3)4)59(56-26-11-24-44)58-39-36(57-41(40(39)54-27-23-37(49)45-5)47-25-22-38(50)46-42(47)51)28-55-43(31-12-9-8-10-13-31,32-14-18-34(52-6)19-15-32)33-16-20-35(53-7)21-17-33/h8-10,12-22,25,29-30,36,39-42,51H,11,23,26-28H2,1-7H3,(H,45,49)(H,46,50)/t36-,39?,40?,41-,42?,59?/m1/s1. The second-order valence-electron chi connectivity index (χ2n) is 14.4. The lowest BCUT2D eigenvalue weighted by molar-refractivity contribution is -0.164. The van der Waals surface area contributed by atoms with Crippen LogP contribution in [0.1, 0.15) is 57.2 Å². The highest BCUT2D eigenvalue weighted by Gasteiger charge is 2.53. The third-order valence-electron chi connectivity index (χ3n) is 9.96. The number of carbonyl (C=O) groups excluding carboxylic acids is 2. The molecule has 0 saturated carbocycles. The molecule has 2 aliphatic heterocycles. The van der Waals surface area contributed by atoms with Gasteiger partial charge in [-0.3, -0.25) is 9.59 Å². The monoisotopic (exact) mass is 833 g/mol. The maximum absolute atomic E-state index is 12.4. The van der Waals surface area contributed by atoms with Crippen LogP contribution >= 0.6 is 8.53 Å². The Labute approximate surface area is 348 Å². The van der Waals surface area contributed by atoms with Crippen LogP contribution in [0.25, 0.3) is 0 Å². The topological polar surface area (TPSA) is 173 Å². The van der Waals surface area contributed by atoms with Gasteiger partial charge in [-0.1, -0.05) is 54.6 Å². The van der Waals surface area contributed by atoms with Crippen molar-refractivity contribution in [2.45, 2.75) is 89.1 Å². The first-order valence-corrected chi connectivity index (χ1v) is 20.8. The molecule has 5 rings (SSSR count). The lowest BCUT2D eigenvalue weighted by atomic mass is 9.80. The molecule has 4 unspecified atom stereocenters. The van der Waals surface area contributed by atoms with Crippen LogP contribution in [0, 0.1) is 11.3 Å². The summed E-state index contributed by atoms with van der Waals surface area (Å²) < 4.78 is 47.3. The summed E-state index contributed by atoms with van der Waals surface area (Å²) >= 11 is 0. The van der Waals surface area contributed by atoms with Gasteiger partial charge in [-0.05, 0) is 68.7 Å². The van der Waals surface area contributed by atoms with Crippen molar-refractivity contribution in [3.8, 4) is 17.6 Å². The van der Waals surface area contributed by atoms with Crippen molar-refractivity contribution >= 4 is 20.3 Å². The van der Waals surface area contributed by atoms with Crippen molar-refractivity contribution in [3.05, 3.63) is 108 Å². The normalized spacial score (nSPS) is 21.1. The molecule has 2 amide bonds. The van der Waals surface area contributed by atoms with E-state index in [9.17, 15) is 20.0 Å². The molecule has 59 heavy (non-hydrogen) atoms. The summed E-state index contributed by atoms with van der Waals surface area (Å²) in [5.74, 6) is 0.620. The van der Waals surface area contributed by atoms with E-state index in [4.69, 9.17) is 32.7 Å². The van der Waals surface area contributed by atoms with Gasteiger partial charge >= 0.3 is 0 Å². The predicted octanol–water partition coefficient (Wildman–Crippen LogP) is 5.14. The number of rotatable bonds is 21. The Bertz CT molecular complexity index is 1810. The average Bonchev–Trinajstić information content (AvgIpc) is 3.57. The van der Waals surface area contributed by atoms with Crippen molar-refractivity contribution in [2.75, 3.05) is 41.1 Å². The summed E-state index contributed by atoms with van der Waals surface area (Å²) in [6.45, 7) is 8.15. The molecule has 3 aromatic rings. The van der Waals surface area contributed by atoms with Crippen molar-refractivity contribution in [1.29, 1.82) is 5.26 Å². The van der Waals surface area contributed by atoms with Gasteiger partial charge in [0.2, 0.25) is 18.2 Å². The summed E-state index contributed by atoms with van der Waals surface area (Å²) in [4.78, 5) is 26.1. The van der Waals surface area contributed by atoms with Crippen molar-refractivity contribution < 1.29 is 47.4 Å². The van der Waals surface area contributed by atoms with E-state index in [1.54, 1.807) is 21.3 Å². The molecule has 2 heterocycles. The number of ether oxygens (including phenoxy) is 5. The average molecular weight is 834 g/mol. The first kappa shape index (κ1) is 45.5. The molecule has 3 N–H and O–H groups in total. The number of benzene rings is 3. The van der Waals surface area contributed by atoms with Gasteiger partial charge in [0.1, 0.15) is 35.4 Å². The Morgan fingerprint density at radius 2 is 1.54 bits per heavy atom. The number of nitrogens with one attached hydrogen (secondary N) is 2. The van der Waals surface area contributed by atoms with Crippen molar-refractivity contribution in [2.24, 2.45) is 0 Å². The Balaban J connectivity index is 1.66. The van der Waals surface area contributed by atoms with Crippen LogP contribution < -0.4 is 20.1 Å². The molecule has 3 aromatic carbocycles. The fraction of sp³-hybridized carbons (Fsp3) is 0.465. The quantitative estimate of drug-likeness (QED) is 0.0733. The van der Waals surface area contributed by atoms with Gasteiger partial charge in [-0.2, -0.15) is 5.26 Å². The smallest absolute Gasteiger partial charge is 0.259 e. The van der Waals surface area contributed by atoms with Crippen molar-refractivity contribution in [1.82, 2.24) is 20.2 Å². The Morgan fingerprint density at radius 1 is 0.949 bits per heavy atom. The number of hydrogen-bond donors (Lipinski definition) is 3. The van der Waals surface area contributed by atoms with Gasteiger partial charge in [0.25, 0.3) is 8.53 Å². The zero-order chi connectivity index (χ0) is 42.5. The zero-order valence-electron chi connectivity index (χ0n) is 34.6. The molecule has 0 aliphatic carbocycles. The number of methoxy groups -OCH3 is 2. The molecule has 0 bridgehead atoms. The van der Waals surface area contributed by atoms with Gasteiger partial charge in [-0.15, -0.1) is 0 Å². The minimum atomic E-state index is -1.85. The number of amides is 2. The number of aliphatic hydroxyl groups is 1. The first-order valence-electron chi connectivity index (χ1n) is 19.6. The zero-order valence-corrected chi connectivity index (χ0v) is 35.5. The molecular weight excluding hydrogens is 777 g/mol. The van der Waals surface area contributed by atoms with Crippen LogP contribution in [-0.4, -0.2) is 111 Å². The summed E-state index contributed by atoms with van der Waals surface area (Å²) in [7, 11) is 2.91. The SMILES string of the molecule is CNC(=O)CCOC1C(OP(OCCC#N)N(C(C)C)C(C)C)[C@@H](COC(c2ccccc2)(c2ccc(OC)cc2)c2ccc(OC)cc2)O[C@H]1N1C=CC(=O)NC1O. The van der Waals surface area contributed by atoms with Gasteiger partial charge in [0.05, 0.1) is 46.5 Å². The third kappa shape index (κ3) is 11.0. The second-order valence-corrected chi connectivity index (χ2v) is 15.8. The Kier molecular flexibility index (Phi) is 16.6. The predicted molar refractivity (Wildman–Crippen MR) is 221 cm³/mol. The largest absolute Gasteiger partial charge is 0.497 e. The molecule has 0 aromatic heterocycles. The molecule has 0 radical (unpaired) electrons. The first-order chi connectivity index (χ1) is 28.5. The van der Waals surface area contributed by atoms with Gasteiger partial charge in [0, 0.05) is 37.8 Å². The van der Waals surface area contributed by atoms with Crippen molar-refractivity contribution in [3.63, 3.8) is 0 Å². The van der Waals surface area contributed by atoms with Gasteiger partial charge in [0.15, 0.2) is 6.23 Å². The highest BCUT2D eigenvalue weighted by atomic mass is 31.2. The van der Waals surface area contributed by atoms with Gasteiger partial charge < -0.3 is 53.4 Å². The van der Waals surface area contributed by atoms with E-state index in [1.165, 1.54) is 17.2 Å². The molecular formula is C43H56N5O10P. The summed E-state index contributed by atoms with van der Waals surface area (Å²) in [5.41, 5.74) is 1.19. The van der Waals surface area contributed by atoms with Crippen LogP contribution in [0.4, 0.5) is 0 Å². The summed E-state index contributed by atoms with van der Waals surface area (Å²) in [6.07, 6.45) is -2.40. The maximum Gasteiger partial charge on any atom is 0.259 e. The number of nitrogens with zero attached hydrogens (tertiary/aromatic N) is 3. The van der Waals surface area contributed by atoms with E-state index in [-0.39, 0.29) is 50.7 Å².